The first-order chi connectivity index (χ1) is 19.3. The molecule has 0 bridgehead atoms. The number of carbonyl (C=O) groups excluding carboxylic acids is 2. The van der Waals surface area contributed by atoms with Crippen molar-refractivity contribution < 1.29 is 41.0 Å². The van der Waals surface area contributed by atoms with Crippen molar-refractivity contribution in [1.29, 1.82) is 0 Å². The van der Waals surface area contributed by atoms with Gasteiger partial charge in [0.1, 0.15) is 11.0 Å². The number of anilines is 2. The minimum absolute atomic E-state index is 0.0362. The first kappa shape index (κ1) is 32.3. The van der Waals surface area contributed by atoms with Crippen molar-refractivity contribution in [2.24, 2.45) is 0 Å². The van der Waals surface area contributed by atoms with Crippen LogP contribution in [0.1, 0.15) is 29.3 Å². The summed E-state index contributed by atoms with van der Waals surface area (Å²) in [4.78, 5) is 26.3. The van der Waals surface area contributed by atoms with Crippen molar-refractivity contribution in [1.82, 2.24) is 0 Å². The van der Waals surface area contributed by atoms with Crippen molar-refractivity contribution in [3.63, 3.8) is 0 Å². The summed E-state index contributed by atoms with van der Waals surface area (Å²) in [5.74, 6) is -1.54. The molecule has 3 aromatic carbocycles. The van der Waals surface area contributed by atoms with E-state index in [0.29, 0.717) is 12.4 Å². The van der Waals surface area contributed by atoms with Crippen LogP contribution >= 0.6 is 23.4 Å². The van der Waals surface area contributed by atoms with Gasteiger partial charge in [-0.1, -0.05) is 18.5 Å². The highest BCUT2D eigenvalue weighted by Crippen LogP contribution is 2.35. The molecule has 0 heterocycles. The zero-order valence-electron chi connectivity index (χ0n) is 21.8. The molecule has 0 aromatic heterocycles. The van der Waals surface area contributed by atoms with Gasteiger partial charge in [0.2, 0.25) is 5.91 Å². The third-order valence-electron chi connectivity index (χ3n) is 5.81. The van der Waals surface area contributed by atoms with Crippen LogP contribution in [0.3, 0.4) is 0 Å². The third-order valence-corrected chi connectivity index (χ3v) is 9.33. The van der Waals surface area contributed by atoms with Gasteiger partial charge in [0.05, 0.1) is 33.5 Å². The Morgan fingerprint density at radius 2 is 1.66 bits per heavy atom. The number of thioether (sulfide) groups is 1. The van der Waals surface area contributed by atoms with Gasteiger partial charge in [0.25, 0.3) is 5.91 Å². The van der Waals surface area contributed by atoms with Crippen LogP contribution in [0.15, 0.2) is 70.5 Å². The molecule has 220 valence electrons. The van der Waals surface area contributed by atoms with Crippen molar-refractivity contribution in [2.75, 3.05) is 30.1 Å². The summed E-state index contributed by atoms with van der Waals surface area (Å²) in [5, 5.41) is 13.6. The Labute approximate surface area is 244 Å². The lowest BCUT2D eigenvalue weighted by Crippen LogP contribution is -2.34. The summed E-state index contributed by atoms with van der Waals surface area (Å²) in [6.45, 7) is 2.07. The number of methoxy groups -OCH3 is 1. The molecule has 0 aliphatic rings. The molecule has 0 radical (unpaired) electrons. The van der Waals surface area contributed by atoms with Gasteiger partial charge in [-0.15, -0.1) is 11.8 Å². The Bertz CT molecular complexity index is 1500. The molecule has 3 aromatic rings. The molecule has 3 N–H and O–H groups in total. The number of hydrogen-bond acceptors (Lipinski definition) is 7. The van der Waals surface area contributed by atoms with Gasteiger partial charge in [-0.05, 0) is 61.0 Å². The van der Waals surface area contributed by atoms with Gasteiger partial charge >= 0.3 is 6.18 Å². The Morgan fingerprint density at radius 3 is 2.22 bits per heavy atom. The minimum Gasteiger partial charge on any atom is -0.506 e. The number of nitrogens with one attached hydrogen (secondary N) is 2. The number of amides is 2. The first-order valence-corrected chi connectivity index (χ1v) is 15.0. The van der Waals surface area contributed by atoms with Crippen LogP contribution in [0.4, 0.5) is 24.5 Å². The maximum Gasteiger partial charge on any atom is 0.416 e. The van der Waals surface area contributed by atoms with Gasteiger partial charge in [-0.25, -0.2) is 8.42 Å². The Kier molecular flexibility index (Phi) is 10.7. The van der Waals surface area contributed by atoms with Crippen LogP contribution in [0.2, 0.25) is 5.02 Å². The minimum atomic E-state index is -4.56. The van der Waals surface area contributed by atoms with Crippen LogP contribution < -0.4 is 10.6 Å². The average molecular weight is 631 g/mol. The van der Waals surface area contributed by atoms with Crippen LogP contribution in [0.25, 0.3) is 0 Å². The second-order valence-electron chi connectivity index (χ2n) is 8.62. The second kappa shape index (κ2) is 13.6. The lowest BCUT2D eigenvalue weighted by Gasteiger charge is -2.18. The molecule has 41 heavy (non-hydrogen) atoms. The van der Waals surface area contributed by atoms with Crippen LogP contribution in [-0.2, 0) is 25.5 Å². The zero-order chi connectivity index (χ0) is 30.4. The summed E-state index contributed by atoms with van der Waals surface area (Å²) in [6, 6.07) is 11.7. The largest absolute Gasteiger partial charge is 0.506 e. The summed E-state index contributed by atoms with van der Waals surface area (Å²) in [6.07, 6.45) is -4.62. The second-order valence-corrected chi connectivity index (χ2v) is 12.3. The monoisotopic (exact) mass is 630 g/mol. The number of phenolic OH excluding ortho intramolecular Hbond substituents is 1. The highest BCUT2D eigenvalue weighted by Gasteiger charge is 2.33. The number of hydrogen-bond donors (Lipinski definition) is 3. The molecule has 0 fully saturated rings. The number of aromatic hydroxyl groups is 1. The molecule has 0 aliphatic heterocycles. The summed E-state index contributed by atoms with van der Waals surface area (Å²) < 4.78 is 69.7. The summed E-state index contributed by atoms with van der Waals surface area (Å²) in [5.41, 5.74) is -1.33. The SMILES string of the molecule is CCC(C(=O)Nc1cc(O)c(NC(=O)c2ccc(C(F)(F)F)cc2)cc1Cl)S(=O)(=O)c1ccc(SCCOC)cc1. The maximum atomic E-state index is 13.2. The average Bonchev–Trinajstić information content (AvgIpc) is 2.91. The van der Waals surface area contributed by atoms with E-state index in [4.69, 9.17) is 16.3 Å². The summed E-state index contributed by atoms with van der Waals surface area (Å²) >= 11 is 7.72. The molecule has 14 heteroatoms. The van der Waals surface area contributed by atoms with Gasteiger partial charge in [0, 0.05) is 29.4 Å². The van der Waals surface area contributed by atoms with E-state index in [-0.39, 0.29) is 33.3 Å². The number of carbonyl (C=O) groups is 2. The Morgan fingerprint density at radius 1 is 1.02 bits per heavy atom. The van der Waals surface area contributed by atoms with Crippen LogP contribution in [-0.4, -0.2) is 50.1 Å². The molecular formula is C27H26ClF3N2O6S2. The molecule has 3 rings (SSSR count). The topological polar surface area (TPSA) is 122 Å². The van der Waals surface area contributed by atoms with E-state index in [9.17, 15) is 36.3 Å². The fourth-order valence-electron chi connectivity index (χ4n) is 3.65. The molecule has 0 saturated carbocycles. The van der Waals surface area contributed by atoms with Gasteiger partial charge in [-0.3, -0.25) is 9.59 Å². The lowest BCUT2D eigenvalue weighted by atomic mass is 10.1. The van der Waals surface area contributed by atoms with Crippen molar-refractivity contribution in [2.45, 2.75) is 34.6 Å². The summed E-state index contributed by atoms with van der Waals surface area (Å²) in [7, 11) is -2.50. The van der Waals surface area contributed by atoms with Crippen LogP contribution in [0, 0.1) is 0 Å². The highest BCUT2D eigenvalue weighted by molar-refractivity contribution is 7.99. The Hall–Kier alpha value is -3.26. The predicted octanol–water partition coefficient (Wildman–Crippen LogP) is 6.25. The van der Waals surface area contributed by atoms with Crippen molar-refractivity contribution in [3.05, 3.63) is 76.8 Å². The molecule has 8 nitrogen and oxygen atoms in total. The number of ether oxygens (including phenoxy) is 1. The number of alkyl halides is 3. The Balaban J connectivity index is 1.73. The number of rotatable bonds is 11. The molecular weight excluding hydrogens is 605 g/mol. The van der Waals surface area contributed by atoms with E-state index in [0.717, 1.165) is 41.3 Å². The van der Waals surface area contributed by atoms with E-state index in [1.165, 1.54) is 30.8 Å². The quantitative estimate of drug-likeness (QED) is 0.130. The van der Waals surface area contributed by atoms with Crippen molar-refractivity contribution in [3.8, 4) is 5.75 Å². The van der Waals surface area contributed by atoms with Crippen molar-refractivity contribution >= 4 is 56.4 Å². The first-order valence-electron chi connectivity index (χ1n) is 12.1. The number of phenols is 1. The number of sulfone groups is 1. The molecule has 2 amide bonds. The fourth-order valence-corrected chi connectivity index (χ4v) is 6.30. The smallest absolute Gasteiger partial charge is 0.416 e. The molecule has 1 atom stereocenters. The standard InChI is InChI=1S/C27H26ClF3N2O6S2/c1-3-24(41(37,38)19-10-8-18(9-11-19)40-13-12-39-2)26(36)32-21-15-23(34)22(14-20(21)28)33-25(35)16-4-6-17(7-5-16)27(29,30)31/h4-11,14-15,24,34H,3,12-13H2,1-2H3,(H,32,36)(H,33,35). The molecule has 0 spiro atoms. The maximum absolute atomic E-state index is 13.2. The van der Waals surface area contributed by atoms with E-state index in [1.54, 1.807) is 19.2 Å². The van der Waals surface area contributed by atoms with E-state index >= 15 is 0 Å². The normalized spacial score (nSPS) is 12.5. The number of halogens is 4. The number of benzene rings is 3. The highest BCUT2D eigenvalue weighted by atomic mass is 35.5. The van der Waals surface area contributed by atoms with E-state index in [2.05, 4.69) is 10.6 Å². The molecule has 0 aliphatic carbocycles. The van der Waals surface area contributed by atoms with Crippen LogP contribution in [0.5, 0.6) is 5.75 Å². The van der Waals surface area contributed by atoms with Gasteiger partial charge < -0.3 is 20.5 Å². The molecule has 0 saturated heterocycles. The van der Waals surface area contributed by atoms with Gasteiger partial charge in [-0.2, -0.15) is 13.2 Å². The lowest BCUT2D eigenvalue weighted by molar-refractivity contribution is -0.137. The van der Waals surface area contributed by atoms with E-state index in [1.807, 2.05) is 0 Å². The zero-order valence-corrected chi connectivity index (χ0v) is 24.2. The van der Waals surface area contributed by atoms with E-state index < -0.39 is 44.4 Å². The predicted molar refractivity (Wildman–Crippen MR) is 151 cm³/mol. The fraction of sp³-hybridized carbons (Fsp3) is 0.259. The van der Waals surface area contributed by atoms with Gasteiger partial charge in [0.15, 0.2) is 9.84 Å². The molecule has 1 unspecified atom stereocenters. The third kappa shape index (κ3) is 8.15.